The average Bonchev–Trinajstić information content (AvgIpc) is 3.33. The summed E-state index contributed by atoms with van der Waals surface area (Å²) < 4.78 is 38.3. The number of rotatable bonds is 5. The number of imidazole rings is 1. The van der Waals surface area contributed by atoms with E-state index in [1.54, 1.807) is 26.0 Å². The van der Waals surface area contributed by atoms with Crippen molar-refractivity contribution in [3.05, 3.63) is 48.3 Å². The van der Waals surface area contributed by atoms with E-state index in [1.807, 2.05) is 0 Å². The van der Waals surface area contributed by atoms with Crippen LogP contribution >= 0.6 is 0 Å². The molecule has 0 aromatic carbocycles. The van der Waals surface area contributed by atoms with Crippen molar-refractivity contribution in [1.82, 2.24) is 25.1 Å². The summed E-state index contributed by atoms with van der Waals surface area (Å²) in [4.78, 5) is 15.1. The van der Waals surface area contributed by atoms with Gasteiger partial charge in [0.2, 0.25) is 0 Å². The van der Waals surface area contributed by atoms with E-state index in [4.69, 9.17) is 8.94 Å². The third kappa shape index (κ3) is 2.52. The third-order valence-electron chi connectivity index (χ3n) is 3.83. The number of aromatic amines is 1. The van der Waals surface area contributed by atoms with Gasteiger partial charge < -0.3 is 13.9 Å². The molecular formula is C15H14N6O4S. The lowest BCUT2D eigenvalue weighted by Crippen LogP contribution is -2.32. The van der Waals surface area contributed by atoms with Crippen LogP contribution in [0.1, 0.15) is 17.2 Å². The van der Waals surface area contributed by atoms with Crippen molar-refractivity contribution in [2.45, 2.75) is 25.3 Å². The maximum Gasteiger partial charge on any atom is 0.271 e. The highest BCUT2D eigenvalue weighted by molar-refractivity contribution is 7.92. The van der Waals surface area contributed by atoms with E-state index in [0.717, 1.165) is 4.31 Å². The van der Waals surface area contributed by atoms with Gasteiger partial charge in [-0.1, -0.05) is 5.16 Å². The Bertz CT molecular complexity index is 1140. The van der Waals surface area contributed by atoms with Crippen molar-refractivity contribution in [3.63, 3.8) is 0 Å². The highest BCUT2D eigenvalue weighted by atomic mass is 32.2. The Morgan fingerprint density at radius 3 is 2.77 bits per heavy atom. The van der Waals surface area contributed by atoms with Crippen LogP contribution in [0.15, 0.2) is 44.9 Å². The number of nitrogens with one attached hydrogen (secondary N) is 1. The first-order valence-electron chi connectivity index (χ1n) is 7.60. The largest absolute Gasteiger partial charge is 0.467 e. The summed E-state index contributed by atoms with van der Waals surface area (Å²) in [5.74, 6) is 0.803. The van der Waals surface area contributed by atoms with Gasteiger partial charge in [0.1, 0.15) is 23.3 Å². The first-order chi connectivity index (χ1) is 12.5. The molecule has 0 radical (unpaired) electrons. The molecule has 1 N–H and O–H groups in total. The van der Waals surface area contributed by atoms with Gasteiger partial charge in [0.25, 0.3) is 10.0 Å². The second-order valence-corrected chi connectivity index (χ2v) is 7.34. The van der Waals surface area contributed by atoms with Gasteiger partial charge in [-0.25, -0.2) is 27.7 Å². The van der Waals surface area contributed by atoms with Gasteiger partial charge in [-0.05, 0) is 26.0 Å². The SMILES string of the molecule is Cc1noc(C)c1S(=O)(=O)N(Cc1ccco1)c1ncnc2nc[nH]c12. The number of aromatic nitrogens is 5. The van der Waals surface area contributed by atoms with Gasteiger partial charge in [0.05, 0.1) is 19.1 Å². The first kappa shape index (κ1) is 16.3. The zero-order chi connectivity index (χ0) is 18.3. The number of fused-ring (bicyclic) bond motifs is 1. The summed E-state index contributed by atoms with van der Waals surface area (Å²) in [7, 11) is -4.04. The monoisotopic (exact) mass is 374 g/mol. The van der Waals surface area contributed by atoms with Crippen LogP contribution in [0.3, 0.4) is 0 Å². The summed E-state index contributed by atoms with van der Waals surface area (Å²) in [6.07, 6.45) is 4.16. The van der Waals surface area contributed by atoms with Crippen LogP contribution in [0, 0.1) is 13.8 Å². The maximum absolute atomic E-state index is 13.4. The summed E-state index contributed by atoms with van der Waals surface area (Å²) in [6, 6.07) is 3.36. The number of aryl methyl sites for hydroxylation is 2. The molecule has 134 valence electrons. The predicted octanol–water partition coefficient (Wildman–Crippen LogP) is 1.95. The minimum absolute atomic E-state index is 0.00432. The Kier molecular flexibility index (Phi) is 3.72. The Hall–Kier alpha value is -3.21. The minimum atomic E-state index is -4.04. The predicted molar refractivity (Wildman–Crippen MR) is 89.7 cm³/mol. The fraction of sp³-hybridized carbons (Fsp3) is 0.200. The van der Waals surface area contributed by atoms with E-state index < -0.39 is 10.0 Å². The fourth-order valence-corrected chi connectivity index (χ4v) is 4.41. The lowest BCUT2D eigenvalue weighted by atomic mass is 10.4. The molecule has 0 amide bonds. The van der Waals surface area contributed by atoms with E-state index in [0.29, 0.717) is 16.9 Å². The van der Waals surface area contributed by atoms with E-state index in [1.165, 1.54) is 18.9 Å². The van der Waals surface area contributed by atoms with Crippen molar-refractivity contribution in [2.75, 3.05) is 4.31 Å². The van der Waals surface area contributed by atoms with Gasteiger partial charge in [-0.2, -0.15) is 0 Å². The maximum atomic E-state index is 13.4. The Morgan fingerprint density at radius 1 is 1.23 bits per heavy atom. The average molecular weight is 374 g/mol. The second-order valence-electron chi connectivity index (χ2n) is 5.54. The lowest BCUT2D eigenvalue weighted by molar-refractivity contribution is 0.390. The van der Waals surface area contributed by atoms with E-state index in [9.17, 15) is 8.42 Å². The zero-order valence-electron chi connectivity index (χ0n) is 13.9. The molecule has 0 atom stereocenters. The summed E-state index contributed by atoms with van der Waals surface area (Å²) in [5.41, 5.74) is 1.02. The van der Waals surface area contributed by atoms with E-state index >= 15 is 0 Å². The molecule has 4 rings (SSSR count). The van der Waals surface area contributed by atoms with Crippen LogP contribution in [-0.2, 0) is 16.6 Å². The standard InChI is InChI=1S/C15H14N6O4S/c1-9-13(10(2)25-20-9)26(22,23)21(6-11-4-3-5-24-11)15-12-14(17-7-16-12)18-8-19-15/h3-5,7-8H,6H2,1-2H3,(H,16,17,18,19). The number of sulfonamides is 1. The van der Waals surface area contributed by atoms with E-state index in [-0.39, 0.29) is 28.7 Å². The molecule has 0 saturated carbocycles. The van der Waals surface area contributed by atoms with Crippen LogP contribution in [0.5, 0.6) is 0 Å². The number of furan rings is 1. The number of hydrogen-bond acceptors (Lipinski definition) is 8. The molecule has 4 heterocycles. The quantitative estimate of drug-likeness (QED) is 0.561. The van der Waals surface area contributed by atoms with Crippen molar-refractivity contribution in [1.29, 1.82) is 0 Å². The molecule has 4 aromatic rings. The smallest absolute Gasteiger partial charge is 0.271 e. The molecule has 0 saturated heterocycles. The fourth-order valence-electron chi connectivity index (χ4n) is 2.71. The van der Waals surface area contributed by atoms with Crippen LogP contribution in [0.25, 0.3) is 11.2 Å². The number of anilines is 1. The molecule has 4 aromatic heterocycles. The van der Waals surface area contributed by atoms with Crippen LogP contribution in [0.2, 0.25) is 0 Å². The van der Waals surface area contributed by atoms with Crippen molar-refractivity contribution in [3.8, 4) is 0 Å². The lowest BCUT2D eigenvalue weighted by Gasteiger charge is -2.22. The Morgan fingerprint density at radius 2 is 2.08 bits per heavy atom. The second kappa shape index (κ2) is 5.95. The van der Waals surface area contributed by atoms with Gasteiger partial charge in [0, 0.05) is 0 Å². The van der Waals surface area contributed by atoms with Crippen molar-refractivity contribution >= 4 is 27.0 Å². The third-order valence-corrected chi connectivity index (χ3v) is 5.82. The first-order valence-corrected chi connectivity index (χ1v) is 9.04. The molecule has 0 aliphatic carbocycles. The molecule has 0 bridgehead atoms. The Labute approximate surface area is 147 Å². The number of nitrogens with zero attached hydrogens (tertiary/aromatic N) is 5. The van der Waals surface area contributed by atoms with Crippen molar-refractivity contribution in [2.24, 2.45) is 0 Å². The van der Waals surface area contributed by atoms with Gasteiger partial charge in [-0.15, -0.1) is 0 Å². The minimum Gasteiger partial charge on any atom is -0.467 e. The molecule has 11 heteroatoms. The summed E-state index contributed by atoms with van der Waals surface area (Å²) in [6.45, 7) is 3.05. The topological polar surface area (TPSA) is 131 Å². The highest BCUT2D eigenvalue weighted by Gasteiger charge is 2.34. The molecule has 0 spiro atoms. The van der Waals surface area contributed by atoms with Gasteiger partial charge >= 0.3 is 0 Å². The number of hydrogen-bond donors (Lipinski definition) is 1. The zero-order valence-corrected chi connectivity index (χ0v) is 14.7. The molecule has 0 aliphatic rings. The summed E-state index contributed by atoms with van der Waals surface area (Å²) in [5, 5.41) is 3.75. The molecule has 0 fully saturated rings. The van der Waals surface area contributed by atoms with E-state index in [2.05, 4.69) is 25.1 Å². The molecule has 10 nitrogen and oxygen atoms in total. The van der Waals surface area contributed by atoms with Gasteiger partial charge in [-0.3, -0.25) is 0 Å². The highest BCUT2D eigenvalue weighted by Crippen LogP contribution is 2.31. The molecular weight excluding hydrogens is 360 g/mol. The molecule has 26 heavy (non-hydrogen) atoms. The molecule has 0 aliphatic heterocycles. The van der Waals surface area contributed by atoms with Crippen LogP contribution in [-0.4, -0.2) is 33.5 Å². The van der Waals surface area contributed by atoms with Crippen molar-refractivity contribution < 1.29 is 17.4 Å². The molecule has 0 unspecified atom stereocenters. The van der Waals surface area contributed by atoms with Gasteiger partial charge in [0.15, 0.2) is 22.1 Å². The summed E-state index contributed by atoms with van der Waals surface area (Å²) >= 11 is 0. The van der Waals surface area contributed by atoms with Crippen LogP contribution in [0.4, 0.5) is 5.82 Å². The normalized spacial score (nSPS) is 11.9. The number of H-pyrrole nitrogens is 1. The van der Waals surface area contributed by atoms with Crippen LogP contribution < -0.4 is 4.31 Å². The Balaban J connectivity index is 1.93.